The van der Waals surface area contributed by atoms with Crippen molar-refractivity contribution in [2.75, 3.05) is 32.5 Å². The van der Waals surface area contributed by atoms with E-state index in [1.54, 1.807) is 11.3 Å². The van der Waals surface area contributed by atoms with Crippen LogP contribution in [0.5, 0.6) is 0 Å². The number of aromatic nitrogens is 2. The number of nitrogens with zero attached hydrogens (tertiary/aromatic N) is 2. The van der Waals surface area contributed by atoms with Gasteiger partial charge in [-0.1, -0.05) is 36.8 Å². The molecule has 0 amide bonds. The molecule has 0 saturated heterocycles. The zero-order chi connectivity index (χ0) is 20.2. The van der Waals surface area contributed by atoms with E-state index in [0.717, 1.165) is 48.1 Å². The van der Waals surface area contributed by atoms with Crippen LogP contribution in [0.3, 0.4) is 0 Å². The molecule has 2 heterocycles. The third-order valence-electron chi connectivity index (χ3n) is 5.65. The fourth-order valence-corrected chi connectivity index (χ4v) is 5.36. The van der Waals surface area contributed by atoms with Gasteiger partial charge in [0.2, 0.25) is 5.95 Å². The number of hydrogen-bond acceptors (Lipinski definition) is 4. The highest BCUT2D eigenvalue weighted by Crippen LogP contribution is 2.33. The maximum atomic E-state index is 13.6. The average molecular weight is 412 g/mol. The molecule has 0 saturated carbocycles. The van der Waals surface area contributed by atoms with E-state index in [2.05, 4.69) is 31.5 Å². The Hall–Kier alpha value is -2.18. The molecule has 0 unspecified atom stereocenters. The first-order valence-corrected chi connectivity index (χ1v) is 11.6. The molecule has 0 spiro atoms. The van der Waals surface area contributed by atoms with Crippen molar-refractivity contribution in [3.8, 4) is 0 Å². The molecule has 0 fully saturated rings. The fraction of sp³-hybridized carbons (Fsp3) is 0.478. The Morgan fingerprint density at radius 1 is 1.14 bits per heavy atom. The summed E-state index contributed by atoms with van der Waals surface area (Å²) in [6.07, 6.45) is 6.78. The first-order valence-electron chi connectivity index (χ1n) is 10.8. The van der Waals surface area contributed by atoms with Crippen molar-refractivity contribution in [1.82, 2.24) is 9.55 Å². The van der Waals surface area contributed by atoms with Crippen LogP contribution in [0.2, 0.25) is 0 Å². The Labute approximate surface area is 176 Å². The van der Waals surface area contributed by atoms with Crippen LogP contribution >= 0.6 is 11.3 Å². The molecular weight excluding hydrogens is 380 g/mol. The zero-order valence-corrected chi connectivity index (χ0v) is 18.3. The van der Waals surface area contributed by atoms with Gasteiger partial charge in [0.25, 0.3) is 5.56 Å². The van der Waals surface area contributed by atoms with Crippen molar-refractivity contribution >= 4 is 27.5 Å². The number of rotatable bonds is 7. The minimum atomic E-state index is 0.110. The summed E-state index contributed by atoms with van der Waals surface area (Å²) < 4.78 is 1.85. The highest BCUT2D eigenvalue weighted by atomic mass is 32.1. The summed E-state index contributed by atoms with van der Waals surface area (Å²) in [5.41, 5.74) is 2.50. The SMILES string of the molecule is C[NH+](C)CCCNc1nc2sc3c(c2c(=O)n1Cc1ccccc1)CCCCC3. The lowest BCUT2D eigenvalue weighted by atomic mass is 10.1. The first-order chi connectivity index (χ1) is 14.1. The van der Waals surface area contributed by atoms with Crippen molar-refractivity contribution in [3.63, 3.8) is 0 Å². The number of anilines is 1. The molecule has 6 heteroatoms. The van der Waals surface area contributed by atoms with Gasteiger partial charge in [-0.3, -0.25) is 9.36 Å². The molecule has 1 aliphatic rings. The largest absolute Gasteiger partial charge is 0.355 e. The van der Waals surface area contributed by atoms with Crippen LogP contribution in [-0.4, -0.2) is 36.7 Å². The van der Waals surface area contributed by atoms with Crippen molar-refractivity contribution in [2.45, 2.75) is 45.1 Å². The summed E-state index contributed by atoms with van der Waals surface area (Å²) >= 11 is 1.73. The number of aryl methyl sites for hydroxylation is 2. The number of hydrogen-bond donors (Lipinski definition) is 2. The molecule has 0 bridgehead atoms. The Kier molecular flexibility index (Phi) is 6.31. The Morgan fingerprint density at radius 2 is 1.93 bits per heavy atom. The molecule has 1 aromatic carbocycles. The number of thiophene rings is 1. The quantitative estimate of drug-likeness (QED) is 0.464. The van der Waals surface area contributed by atoms with E-state index in [9.17, 15) is 4.79 Å². The predicted octanol–water partition coefficient (Wildman–Crippen LogP) is 2.72. The lowest BCUT2D eigenvalue weighted by molar-refractivity contribution is -0.858. The maximum absolute atomic E-state index is 13.6. The van der Waals surface area contributed by atoms with Gasteiger partial charge >= 0.3 is 0 Å². The van der Waals surface area contributed by atoms with Gasteiger partial charge in [-0.25, -0.2) is 4.98 Å². The van der Waals surface area contributed by atoms with E-state index >= 15 is 0 Å². The second kappa shape index (κ2) is 9.09. The van der Waals surface area contributed by atoms with E-state index < -0.39 is 0 Å². The first kappa shape index (κ1) is 20.1. The molecule has 2 N–H and O–H groups in total. The van der Waals surface area contributed by atoms with Crippen LogP contribution < -0.4 is 15.8 Å². The van der Waals surface area contributed by atoms with E-state index in [0.29, 0.717) is 12.5 Å². The predicted molar refractivity (Wildman–Crippen MR) is 121 cm³/mol. The van der Waals surface area contributed by atoms with Gasteiger partial charge < -0.3 is 10.2 Å². The molecule has 4 rings (SSSR count). The molecule has 154 valence electrons. The number of fused-ring (bicyclic) bond motifs is 3. The van der Waals surface area contributed by atoms with E-state index in [1.165, 1.54) is 34.6 Å². The Balaban J connectivity index is 1.74. The maximum Gasteiger partial charge on any atom is 0.264 e. The smallest absolute Gasteiger partial charge is 0.264 e. The topological polar surface area (TPSA) is 51.4 Å². The number of nitrogens with one attached hydrogen (secondary N) is 2. The molecule has 1 aliphatic carbocycles. The number of benzene rings is 1. The van der Waals surface area contributed by atoms with Gasteiger partial charge in [0.15, 0.2) is 0 Å². The molecule has 0 radical (unpaired) electrons. The van der Waals surface area contributed by atoms with Gasteiger partial charge in [-0.15, -0.1) is 11.3 Å². The summed E-state index contributed by atoms with van der Waals surface area (Å²) in [5.74, 6) is 0.705. The summed E-state index contributed by atoms with van der Waals surface area (Å²) in [5, 5.41) is 4.33. The normalized spacial score (nSPS) is 14.2. The van der Waals surface area contributed by atoms with E-state index in [-0.39, 0.29) is 5.56 Å². The van der Waals surface area contributed by atoms with E-state index in [4.69, 9.17) is 4.98 Å². The van der Waals surface area contributed by atoms with Crippen molar-refractivity contribution < 1.29 is 4.90 Å². The van der Waals surface area contributed by atoms with Crippen LogP contribution in [0, 0.1) is 0 Å². The summed E-state index contributed by atoms with van der Waals surface area (Å²) in [4.78, 5) is 22.3. The van der Waals surface area contributed by atoms with Crippen LogP contribution in [0.4, 0.5) is 5.95 Å². The van der Waals surface area contributed by atoms with Gasteiger partial charge in [0.1, 0.15) is 4.83 Å². The third-order valence-corrected chi connectivity index (χ3v) is 6.83. The third kappa shape index (κ3) is 4.54. The minimum Gasteiger partial charge on any atom is -0.355 e. The van der Waals surface area contributed by atoms with Gasteiger partial charge in [0, 0.05) is 17.8 Å². The van der Waals surface area contributed by atoms with Crippen molar-refractivity contribution in [3.05, 3.63) is 56.7 Å². The molecular formula is C23H31N4OS+. The lowest BCUT2D eigenvalue weighted by Gasteiger charge is -2.15. The highest BCUT2D eigenvalue weighted by molar-refractivity contribution is 7.18. The Morgan fingerprint density at radius 3 is 2.72 bits per heavy atom. The molecule has 2 aromatic heterocycles. The highest BCUT2D eigenvalue weighted by Gasteiger charge is 2.21. The fourth-order valence-electron chi connectivity index (χ4n) is 4.11. The molecule has 0 atom stereocenters. The van der Waals surface area contributed by atoms with Crippen molar-refractivity contribution in [2.24, 2.45) is 0 Å². The lowest BCUT2D eigenvalue weighted by Crippen LogP contribution is -3.05. The minimum absolute atomic E-state index is 0.110. The van der Waals surface area contributed by atoms with Gasteiger partial charge in [0.05, 0.1) is 32.6 Å². The standard InChI is InChI=1S/C23H30N4OS/c1-26(2)15-9-14-24-23-25-21-20(18-12-7-4-8-13-19(18)29-21)22(28)27(23)16-17-10-5-3-6-11-17/h3,5-6,10-11H,4,7-9,12-16H2,1-2H3,(H,24,25)/p+1. The monoisotopic (exact) mass is 411 g/mol. The van der Waals surface area contributed by atoms with Crippen LogP contribution in [-0.2, 0) is 19.4 Å². The summed E-state index contributed by atoms with van der Waals surface area (Å²) in [6.45, 7) is 2.46. The second-order valence-corrected chi connectivity index (χ2v) is 9.38. The summed E-state index contributed by atoms with van der Waals surface area (Å²) in [6, 6.07) is 10.2. The molecule has 5 nitrogen and oxygen atoms in total. The molecule has 0 aliphatic heterocycles. The molecule has 29 heavy (non-hydrogen) atoms. The van der Waals surface area contributed by atoms with Crippen LogP contribution in [0.25, 0.3) is 10.2 Å². The van der Waals surface area contributed by atoms with Crippen molar-refractivity contribution in [1.29, 1.82) is 0 Å². The van der Waals surface area contributed by atoms with Gasteiger partial charge in [-0.2, -0.15) is 0 Å². The zero-order valence-electron chi connectivity index (χ0n) is 17.5. The summed E-state index contributed by atoms with van der Waals surface area (Å²) in [7, 11) is 4.32. The number of quaternary nitrogens is 1. The van der Waals surface area contributed by atoms with E-state index in [1.807, 2.05) is 22.8 Å². The van der Waals surface area contributed by atoms with Crippen LogP contribution in [0.1, 0.15) is 41.7 Å². The Bertz CT molecular complexity index is 1020. The van der Waals surface area contributed by atoms with Crippen LogP contribution in [0.15, 0.2) is 35.1 Å². The molecule has 3 aromatic rings. The van der Waals surface area contributed by atoms with Gasteiger partial charge in [-0.05, 0) is 36.8 Å². The second-order valence-electron chi connectivity index (χ2n) is 8.29. The average Bonchev–Trinajstić information content (AvgIpc) is 2.89.